The maximum atomic E-state index is 13.6. The summed E-state index contributed by atoms with van der Waals surface area (Å²) >= 11 is 10.9. The molecule has 1 N–H and O–H groups in total. The van der Waals surface area contributed by atoms with Gasteiger partial charge in [0.15, 0.2) is 0 Å². The monoisotopic (exact) mass is 1140 g/mol. The summed E-state index contributed by atoms with van der Waals surface area (Å²) in [6, 6.07) is 2.71. The van der Waals surface area contributed by atoms with Crippen LogP contribution in [0.5, 0.6) is 5.75 Å². The number of aryl methyl sites for hydroxylation is 1. The van der Waals surface area contributed by atoms with Crippen molar-refractivity contribution in [2.45, 2.75) is 50.2 Å². The SMILES string of the molecule is Cc1cc(S(=O)(=O)O)c(C(C)C)cc1OC(=O)C1C2CC3C(OC(=O)C31)C2OC(=O)c1c(I)c(I)c(I)c(I)c1I. The molecule has 3 fully saturated rings. The van der Waals surface area contributed by atoms with Crippen LogP contribution in [0.25, 0.3) is 0 Å². The van der Waals surface area contributed by atoms with Crippen LogP contribution in [0.3, 0.4) is 0 Å². The zero-order chi connectivity index (χ0) is 30.3. The Balaban J connectivity index is 1.45. The number of carbonyl (C=O) groups is 3. The largest absolute Gasteiger partial charge is 0.458 e. The second-order valence-electron chi connectivity index (χ2n) is 10.5. The van der Waals surface area contributed by atoms with E-state index in [2.05, 4.69) is 113 Å². The van der Waals surface area contributed by atoms with E-state index in [0.717, 1.165) is 17.9 Å². The number of hydrogen-bond acceptors (Lipinski definition) is 8. The lowest BCUT2D eigenvalue weighted by Gasteiger charge is -2.30. The van der Waals surface area contributed by atoms with Gasteiger partial charge in [0.1, 0.15) is 18.0 Å². The van der Waals surface area contributed by atoms with Gasteiger partial charge in [-0.3, -0.25) is 14.1 Å². The van der Waals surface area contributed by atoms with E-state index in [1.165, 1.54) is 12.1 Å². The Labute approximate surface area is 304 Å². The zero-order valence-electron chi connectivity index (χ0n) is 21.4. The summed E-state index contributed by atoms with van der Waals surface area (Å²) in [5.74, 6) is -4.19. The van der Waals surface area contributed by atoms with E-state index in [1.807, 2.05) is 0 Å². The highest BCUT2D eigenvalue weighted by molar-refractivity contribution is 14.1. The summed E-state index contributed by atoms with van der Waals surface area (Å²) in [4.78, 5) is 39.8. The third kappa shape index (κ3) is 5.68. The van der Waals surface area contributed by atoms with Gasteiger partial charge in [-0.1, -0.05) is 13.8 Å². The molecule has 1 heterocycles. The van der Waals surface area contributed by atoms with Crippen LogP contribution in [0.1, 0.15) is 47.7 Å². The van der Waals surface area contributed by atoms with Gasteiger partial charge in [0.25, 0.3) is 10.1 Å². The molecule has 41 heavy (non-hydrogen) atoms. The summed E-state index contributed by atoms with van der Waals surface area (Å²) in [5, 5.41) is 0. The predicted molar refractivity (Wildman–Crippen MR) is 188 cm³/mol. The number of rotatable bonds is 6. The Bertz CT molecular complexity index is 1590. The van der Waals surface area contributed by atoms with Crippen molar-refractivity contribution >= 4 is 141 Å². The summed E-state index contributed by atoms with van der Waals surface area (Å²) < 4.78 is 55.5. The molecule has 15 heteroatoms. The van der Waals surface area contributed by atoms with Crippen molar-refractivity contribution in [2.24, 2.45) is 23.7 Å². The Morgan fingerprint density at radius 1 is 1.00 bits per heavy atom. The van der Waals surface area contributed by atoms with Gasteiger partial charge in [0.2, 0.25) is 0 Å². The third-order valence-electron chi connectivity index (χ3n) is 7.89. The lowest BCUT2D eigenvalue weighted by molar-refractivity contribution is -0.149. The molecule has 0 amide bonds. The minimum Gasteiger partial charge on any atom is -0.458 e. The molecule has 0 aromatic heterocycles. The van der Waals surface area contributed by atoms with Crippen LogP contribution in [0.4, 0.5) is 0 Å². The molecular formula is C26H21I5O9S. The molecule has 0 spiro atoms. The van der Waals surface area contributed by atoms with Crippen LogP contribution in [-0.4, -0.2) is 43.1 Å². The fourth-order valence-electron chi connectivity index (χ4n) is 6.07. The maximum absolute atomic E-state index is 13.6. The molecule has 6 unspecified atom stereocenters. The number of carbonyl (C=O) groups excluding carboxylic acids is 3. The normalized spacial score (nSPS) is 26.4. The van der Waals surface area contributed by atoms with Crippen LogP contribution in [0, 0.1) is 48.4 Å². The first kappa shape index (κ1) is 32.8. The smallest absolute Gasteiger partial charge is 0.340 e. The van der Waals surface area contributed by atoms with Gasteiger partial charge in [0, 0.05) is 29.7 Å². The molecular weight excluding hydrogens is 1120 g/mol. The topological polar surface area (TPSA) is 133 Å². The van der Waals surface area contributed by atoms with Gasteiger partial charge in [0.05, 0.1) is 22.3 Å². The van der Waals surface area contributed by atoms with Crippen LogP contribution in [-0.2, 0) is 29.2 Å². The number of hydrogen-bond donors (Lipinski definition) is 1. The first-order chi connectivity index (χ1) is 19.0. The molecule has 6 atom stereocenters. The van der Waals surface area contributed by atoms with Gasteiger partial charge in [-0.25, -0.2) is 4.79 Å². The molecule has 5 rings (SSSR count). The molecule has 2 aromatic rings. The van der Waals surface area contributed by atoms with Crippen molar-refractivity contribution < 1.29 is 41.6 Å². The van der Waals surface area contributed by atoms with Gasteiger partial charge >= 0.3 is 17.9 Å². The van der Waals surface area contributed by atoms with E-state index in [-0.39, 0.29) is 22.5 Å². The van der Waals surface area contributed by atoms with Gasteiger partial charge in [-0.15, -0.1) is 0 Å². The molecule has 220 valence electrons. The number of fused-ring (bicyclic) bond motifs is 1. The van der Waals surface area contributed by atoms with Gasteiger partial charge < -0.3 is 14.2 Å². The molecule has 1 aliphatic heterocycles. The van der Waals surface area contributed by atoms with E-state index in [0.29, 0.717) is 23.1 Å². The van der Waals surface area contributed by atoms with Gasteiger partial charge in [-0.05, 0) is 155 Å². The maximum Gasteiger partial charge on any atom is 0.340 e. The lowest BCUT2D eigenvalue weighted by Crippen LogP contribution is -2.44. The zero-order valence-corrected chi connectivity index (χ0v) is 33.0. The highest BCUT2D eigenvalue weighted by Crippen LogP contribution is 2.59. The van der Waals surface area contributed by atoms with E-state index in [9.17, 15) is 27.4 Å². The Kier molecular flexibility index (Phi) is 9.57. The highest BCUT2D eigenvalue weighted by atomic mass is 127. The predicted octanol–water partition coefficient (Wildman–Crippen LogP) is 6.33. The van der Waals surface area contributed by atoms with Crippen molar-refractivity contribution in [3.63, 3.8) is 0 Å². The number of esters is 3. The van der Waals surface area contributed by atoms with Crippen molar-refractivity contribution in [1.29, 1.82) is 0 Å². The van der Waals surface area contributed by atoms with Crippen LogP contribution < -0.4 is 4.74 Å². The van der Waals surface area contributed by atoms with E-state index in [4.69, 9.17) is 14.2 Å². The van der Waals surface area contributed by atoms with E-state index in [1.54, 1.807) is 20.8 Å². The van der Waals surface area contributed by atoms with Crippen molar-refractivity contribution in [1.82, 2.24) is 0 Å². The van der Waals surface area contributed by atoms with Crippen molar-refractivity contribution in [3.05, 3.63) is 46.7 Å². The van der Waals surface area contributed by atoms with Crippen molar-refractivity contribution in [2.75, 3.05) is 0 Å². The minimum absolute atomic E-state index is 0.137. The van der Waals surface area contributed by atoms with Crippen LogP contribution in [0.15, 0.2) is 17.0 Å². The molecule has 1 saturated heterocycles. The molecule has 2 aliphatic carbocycles. The average molecular weight is 1140 g/mol. The number of halogens is 5. The second kappa shape index (κ2) is 12.0. The van der Waals surface area contributed by atoms with E-state index < -0.39 is 58.0 Å². The second-order valence-corrected chi connectivity index (χ2v) is 17.3. The fourth-order valence-corrected chi connectivity index (χ4v) is 12.2. The Hall–Kier alpha value is 0.410. The Morgan fingerprint density at radius 3 is 2.15 bits per heavy atom. The fraction of sp³-hybridized carbons (Fsp3) is 0.423. The lowest BCUT2D eigenvalue weighted by atomic mass is 9.78. The molecule has 0 radical (unpaired) electrons. The summed E-state index contributed by atoms with van der Waals surface area (Å²) in [5.41, 5.74) is 1.08. The standard InChI is InChI=1S/C26H21I5O9S/c1-7(2)9-6-12(8(3)4-13(9)41(35,36)37)38-24(32)14-10-5-11-15(14)25(33)39-22(11)23(10)40-26(34)16-17(27)19(29)21(31)20(30)18(16)28/h4,6-7,10-11,14-15,22-23H,5H2,1-3H3,(H,35,36,37). The molecule has 2 saturated carbocycles. The summed E-state index contributed by atoms with van der Waals surface area (Å²) in [6.07, 6.45) is -0.943. The van der Waals surface area contributed by atoms with Crippen molar-refractivity contribution in [3.8, 4) is 5.75 Å². The minimum atomic E-state index is -4.49. The van der Waals surface area contributed by atoms with Gasteiger partial charge in [-0.2, -0.15) is 8.42 Å². The van der Waals surface area contributed by atoms with Crippen LogP contribution >= 0.6 is 113 Å². The average Bonchev–Trinajstić information content (AvgIpc) is 3.50. The molecule has 3 aliphatic rings. The number of ether oxygens (including phenoxy) is 3. The summed E-state index contributed by atoms with van der Waals surface area (Å²) in [6.45, 7) is 5.08. The highest BCUT2D eigenvalue weighted by Gasteiger charge is 2.70. The number of benzene rings is 2. The summed E-state index contributed by atoms with van der Waals surface area (Å²) in [7, 11) is -4.49. The van der Waals surface area contributed by atoms with Crippen LogP contribution in [0.2, 0.25) is 0 Å². The molecule has 2 aromatic carbocycles. The Morgan fingerprint density at radius 2 is 1.59 bits per heavy atom. The third-order valence-corrected chi connectivity index (χ3v) is 18.3. The quantitative estimate of drug-likeness (QED) is 0.0882. The first-order valence-corrected chi connectivity index (χ1v) is 19.1. The first-order valence-electron chi connectivity index (χ1n) is 12.3. The van der Waals surface area contributed by atoms with E-state index >= 15 is 0 Å². The molecule has 2 bridgehead atoms. The molecule has 9 nitrogen and oxygen atoms in total.